The highest BCUT2D eigenvalue weighted by Crippen LogP contribution is 2.29. The lowest BCUT2D eigenvalue weighted by Gasteiger charge is -2.48. The summed E-state index contributed by atoms with van der Waals surface area (Å²) in [4.78, 5) is 30.4. The number of nitrogens with one attached hydrogen (secondary N) is 1. The second-order valence-electron chi connectivity index (χ2n) is 4.72. The van der Waals surface area contributed by atoms with Crippen LogP contribution in [-0.4, -0.2) is 44.6 Å². The summed E-state index contributed by atoms with van der Waals surface area (Å²) in [5.41, 5.74) is -0.947. The van der Waals surface area contributed by atoms with Crippen LogP contribution >= 0.6 is 0 Å². The van der Waals surface area contributed by atoms with Gasteiger partial charge in [-0.1, -0.05) is 13.8 Å². The molecule has 92 valence electrons. The molecule has 0 atom stereocenters. The first-order chi connectivity index (χ1) is 7.92. The number of nitrogens with zero attached hydrogens (tertiary/aromatic N) is 2. The third kappa shape index (κ3) is 2.08. The minimum absolute atomic E-state index is 0.107. The molecular weight excluding hydrogens is 222 g/mol. The molecule has 2 N–H and O–H groups in total. The third-order valence-electron chi connectivity index (χ3n) is 3.18. The number of likely N-dealkylation sites (tertiary alicyclic amines) is 1. The third-order valence-corrected chi connectivity index (χ3v) is 3.18. The molecule has 0 saturated carbocycles. The van der Waals surface area contributed by atoms with Crippen molar-refractivity contribution in [3.63, 3.8) is 0 Å². The largest absolute Gasteiger partial charge is 0.386 e. The van der Waals surface area contributed by atoms with Gasteiger partial charge < -0.3 is 15.0 Å². The summed E-state index contributed by atoms with van der Waals surface area (Å²) in [7, 11) is 0. The molecule has 0 unspecified atom stereocenters. The van der Waals surface area contributed by atoms with Gasteiger partial charge in [0.1, 0.15) is 11.3 Å². The molecule has 1 saturated heterocycles. The van der Waals surface area contributed by atoms with Crippen LogP contribution in [0.5, 0.6) is 0 Å². The zero-order valence-electron chi connectivity index (χ0n) is 9.80. The van der Waals surface area contributed by atoms with Gasteiger partial charge in [0, 0.05) is 6.20 Å². The Balaban J connectivity index is 2.05. The standard InChI is InChI=1S/C11H15N3O3/c1-7(2)11(17)5-14(6-11)10(16)8-3-13-9(15)4-12-8/h3-4,7,17H,5-6H2,1-2H3,(H,13,15). The zero-order valence-corrected chi connectivity index (χ0v) is 9.80. The number of hydrogen-bond acceptors (Lipinski definition) is 4. The van der Waals surface area contributed by atoms with Gasteiger partial charge in [0.15, 0.2) is 0 Å². The highest BCUT2D eigenvalue weighted by molar-refractivity contribution is 5.92. The molecule has 0 radical (unpaired) electrons. The average Bonchev–Trinajstić information content (AvgIpc) is 2.24. The molecule has 1 amide bonds. The molecule has 0 spiro atoms. The SMILES string of the molecule is CC(C)C1(O)CN(C(=O)c2c[nH]c(=O)cn2)C1. The maximum absolute atomic E-state index is 11.9. The number of carbonyl (C=O) groups is 1. The van der Waals surface area contributed by atoms with Crippen molar-refractivity contribution in [1.82, 2.24) is 14.9 Å². The number of aromatic nitrogens is 2. The number of H-pyrrole nitrogens is 1. The van der Waals surface area contributed by atoms with Crippen LogP contribution in [0.25, 0.3) is 0 Å². The van der Waals surface area contributed by atoms with E-state index in [-0.39, 0.29) is 23.1 Å². The second kappa shape index (κ2) is 3.96. The van der Waals surface area contributed by atoms with Gasteiger partial charge in [-0.15, -0.1) is 0 Å². The van der Waals surface area contributed by atoms with Gasteiger partial charge in [-0.2, -0.15) is 0 Å². The molecule has 2 heterocycles. The van der Waals surface area contributed by atoms with Gasteiger partial charge in [-0.05, 0) is 5.92 Å². The van der Waals surface area contributed by atoms with E-state index < -0.39 is 5.60 Å². The number of rotatable bonds is 2. The highest BCUT2D eigenvalue weighted by atomic mass is 16.3. The average molecular weight is 237 g/mol. The summed E-state index contributed by atoms with van der Waals surface area (Å²) in [5, 5.41) is 10.0. The molecule has 6 heteroatoms. The Hall–Kier alpha value is -1.69. The topological polar surface area (TPSA) is 86.3 Å². The second-order valence-corrected chi connectivity index (χ2v) is 4.72. The fourth-order valence-electron chi connectivity index (χ4n) is 1.74. The van der Waals surface area contributed by atoms with Gasteiger partial charge in [0.05, 0.1) is 19.3 Å². The first kappa shape index (κ1) is 11.8. The number of aromatic amines is 1. The number of β-amino-alcohol motifs (C(OH)–C–C–N with tert-alkyl or cyclic N) is 1. The van der Waals surface area contributed by atoms with Gasteiger partial charge >= 0.3 is 0 Å². The molecule has 1 aliphatic rings. The summed E-state index contributed by atoms with van der Waals surface area (Å²) in [6.45, 7) is 4.45. The highest BCUT2D eigenvalue weighted by Gasteiger charge is 2.46. The monoisotopic (exact) mass is 237 g/mol. The van der Waals surface area contributed by atoms with E-state index in [1.54, 1.807) is 0 Å². The van der Waals surface area contributed by atoms with Crippen LogP contribution < -0.4 is 5.56 Å². The Bertz CT molecular complexity index is 468. The fraction of sp³-hybridized carbons (Fsp3) is 0.545. The predicted octanol–water partition coefficient (Wildman–Crippen LogP) is -0.387. The summed E-state index contributed by atoms with van der Waals surface area (Å²) in [6, 6.07) is 0. The molecule has 2 rings (SSSR count). The van der Waals surface area contributed by atoms with Crippen LogP contribution in [0, 0.1) is 5.92 Å². The van der Waals surface area contributed by atoms with Crippen molar-refractivity contribution < 1.29 is 9.90 Å². The van der Waals surface area contributed by atoms with E-state index in [1.807, 2.05) is 13.8 Å². The maximum Gasteiger partial charge on any atom is 0.274 e. The number of aliphatic hydroxyl groups is 1. The van der Waals surface area contributed by atoms with Crippen molar-refractivity contribution in [3.05, 3.63) is 28.4 Å². The summed E-state index contributed by atoms with van der Waals surface area (Å²) in [6.07, 6.45) is 2.36. The molecule has 17 heavy (non-hydrogen) atoms. The lowest BCUT2D eigenvalue weighted by Crippen LogP contribution is -2.66. The lowest BCUT2D eigenvalue weighted by atomic mass is 9.83. The minimum Gasteiger partial charge on any atom is -0.386 e. The van der Waals surface area contributed by atoms with Crippen molar-refractivity contribution in [2.75, 3.05) is 13.1 Å². The number of amides is 1. The van der Waals surface area contributed by atoms with E-state index in [0.717, 1.165) is 6.20 Å². The minimum atomic E-state index is -0.794. The Morgan fingerprint density at radius 2 is 2.24 bits per heavy atom. The van der Waals surface area contributed by atoms with Crippen LogP contribution in [0.2, 0.25) is 0 Å². The predicted molar refractivity (Wildman–Crippen MR) is 60.5 cm³/mol. The van der Waals surface area contributed by atoms with Crippen LogP contribution in [0.15, 0.2) is 17.2 Å². The smallest absolute Gasteiger partial charge is 0.274 e. The van der Waals surface area contributed by atoms with Crippen LogP contribution in [-0.2, 0) is 0 Å². The molecule has 0 aliphatic carbocycles. The van der Waals surface area contributed by atoms with E-state index in [9.17, 15) is 14.7 Å². The molecular formula is C11H15N3O3. The van der Waals surface area contributed by atoms with E-state index in [2.05, 4.69) is 9.97 Å². The Kier molecular flexibility index (Phi) is 2.74. The first-order valence-corrected chi connectivity index (χ1v) is 5.49. The Morgan fingerprint density at radius 3 is 2.71 bits per heavy atom. The van der Waals surface area contributed by atoms with Gasteiger partial charge in [0.2, 0.25) is 0 Å². The number of hydrogen-bond donors (Lipinski definition) is 2. The molecule has 0 bridgehead atoms. The summed E-state index contributed by atoms with van der Waals surface area (Å²) >= 11 is 0. The number of carbonyl (C=O) groups excluding carboxylic acids is 1. The normalized spacial score (nSPS) is 18.0. The summed E-state index contributed by atoms with van der Waals surface area (Å²) < 4.78 is 0. The van der Waals surface area contributed by atoms with Crippen molar-refractivity contribution in [3.8, 4) is 0 Å². The molecule has 1 aromatic heterocycles. The first-order valence-electron chi connectivity index (χ1n) is 5.49. The van der Waals surface area contributed by atoms with Crippen molar-refractivity contribution in [1.29, 1.82) is 0 Å². The zero-order chi connectivity index (χ0) is 12.6. The van der Waals surface area contributed by atoms with Crippen LogP contribution in [0.3, 0.4) is 0 Å². The fourth-order valence-corrected chi connectivity index (χ4v) is 1.74. The van der Waals surface area contributed by atoms with E-state index >= 15 is 0 Å². The molecule has 0 aromatic carbocycles. The van der Waals surface area contributed by atoms with Crippen molar-refractivity contribution in [2.24, 2.45) is 5.92 Å². The Labute approximate surface area is 98.3 Å². The maximum atomic E-state index is 11.9. The lowest BCUT2D eigenvalue weighted by molar-refractivity contribution is -0.111. The van der Waals surface area contributed by atoms with E-state index in [0.29, 0.717) is 13.1 Å². The van der Waals surface area contributed by atoms with Crippen LogP contribution in [0.4, 0.5) is 0 Å². The Morgan fingerprint density at radius 1 is 1.59 bits per heavy atom. The van der Waals surface area contributed by atoms with Gasteiger partial charge in [-0.25, -0.2) is 4.98 Å². The molecule has 1 aromatic rings. The van der Waals surface area contributed by atoms with Gasteiger partial charge in [0.25, 0.3) is 11.5 Å². The summed E-state index contributed by atoms with van der Waals surface area (Å²) in [5.74, 6) is -0.165. The van der Waals surface area contributed by atoms with Gasteiger partial charge in [-0.3, -0.25) is 9.59 Å². The van der Waals surface area contributed by atoms with E-state index in [1.165, 1.54) is 11.1 Å². The van der Waals surface area contributed by atoms with Crippen molar-refractivity contribution in [2.45, 2.75) is 19.4 Å². The molecule has 1 fully saturated rings. The van der Waals surface area contributed by atoms with E-state index in [4.69, 9.17) is 0 Å². The quantitative estimate of drug-likeness (QED) is 0.733. The van der Waals surface area contributed by atoms with Crippen molar-refractivity contribution >= 4 is 5.91 Å². The molecule has 1 aliphatic heterocycles. The molecule has 6 nitrogen and oxygen atoms in total. The van der Waals surface area contributed by atoms with Crippen LogP contribution in [0.1, 0.15) is 24.3 Å².